The summed E-state index contributed by atoms with van der Waals surface area (Å²) in [5.74, 6) is 0.609. The molecule has 1 aromatic carbocycles. The number of hydrogen-bond acceptors (Lipinski definition) is 6. The molecule has 0 aliphatic heterocycles. The van der Waals surface area contributed by atoms with Crippen LogP contribution in [-0.2, 0) is 0 Å². The van der Waals surface area contributed by atoms with Gasteiger partial charge in [-0.05, 0) is 55.6 Å². The molecule has 0 aliphatic rings. The van der Waals surface area contributed by atoms with Crippen LogP contribution in [-0.4, -0.2) is 12.2 Å². The number of thiophene rings is 1. The van der Waals surface area contributed by atoms with Crippen LogP contribution in [0.1, 0.15) is 11.1 Å². The Morgan fingerprint density at radius 3 is 2.62 bits per heavy atom. The summed E-state index contributed by atoms with van der Waals surface area (Å²) in [7, 11) is 2.01. The van der Waals surface area contributed by atoms with Crippen molar-refractivity contribution in [1.82, 2.24) is 0 Å². The van der Waals surface area contributed by atoms with Crippen molar-refractivity contribution in [3.8, 4) is 17.3 Å². The first-order valence-electron chi connectivity index (χ1n) is 8.10. The number of benzene rings is 1. The average Bonchev–Trinajstić information content (AvgIpc) is 3.31. The van der Waals surface area contributed by atoms with Crippen molar-refractivity contribution in [2.24, 2.45) is 0 Å². The molecule has 0 amide bonds. The van der Waals surface area contributed by atoms with Crippen LogP contribution in [0.4, 0.5) is 10.7 Å². The molecule has 0 saturated carbocycles. The average molecular weight is 367 g/mol. The summed E-state index contributed by atoms with van der Waals surface area (Å²) in [5, 5.41) is 14.2. The van der Waals surface area contributed by atoms with Gasteiger partial charge < -0.3 is 18.8 Å². The summed E-state index contributed by atoms with van der Waals surface area (Å²) >= 11 is 1.66. The van der Waals surface area contributed by atoms with Crippen molar-refractivity contribution in [2.45, 2.75) is 13.8 Å². The molecule has 0 unspecified atom stereocenters. The van der Waals surface area contributed by atoms with Crippen LogP contribution in [0.3, 0.4) is 0 Å². The molecular formula is C20H17NO4S. The van der Waals surface area contributed by atoms with E-state index in [0.717, 1.165) is 16.1 Å². The summed E-state index contributed by atoms with van der Waals surface area (Å²) in [5.41, 5.74) is 1.82. The van der Waals surface area contributed by atoms with Gasteiger partial charge in [-0.25, -0.2) is 4.79 Å². The number of fused-ring (bicyclic) bond motifs is 1. The van der Waals surface area contributed by atoms with E-state index >= 15 is 0 Å². The molecule has 0 radical (unpaired) electrons. The predicted molar refractivity (Wildman–Crippen MR) is 104 cm³/mol. The lowest BCUT2D eigenvalue weighted by atomic mass is 10.1. The van der Waals surface area contributed by atoms with Gasteiger partial charge in [-0.15, -0.1) is 11.3 Å². The van der Waals surface area contributed by atoms with Crippen LogP contribution >= 0.6 is 11.3 Å². The summed E-state index contributed by atoms with van der Waals surface area (Å²) in [6.45, 7) is 3.23. The maximum atomic E-state index is 11.9. The Hall–Kier alpha value is -2.99. The minimum atomic E-state index is -0.568. The maximum Gasteiger partial charge on any atom is 0.343 e. The fourth-order valence-corrected chi connectivity index (χ4v) is 3.62. The highest BCUT2D eigenvalue weighted by molar-refractivity contribution is 7.14. The molecule has 0 spiro atoms. The number of anilines is 2. The van der Waals surface area contributed by atoms with Crippen LogP contribution in [0.2, 0.25) is 0 Å². The minimum Gasteiger partial charge on any atom is -0.507 e. The molecule has 4 rings (SSSR count). The van der Waals surface area contributed by atoms with Gasteiger partial charge in [0.15, 0.2) is 11.5 Å². The highest BCUT2D eigenvalue weighted by atomic mass is 32.1. The van der Waals surface area contributed by atoms with Crippen molar-refractivity contribution in [3.63, 3.8) is 0 Å². The van der Waals surface area contributed by atoms with Crippen molar-refractivity contribution in [1.29, 1.82) is 0 Å². The van der Waals surface area contributed by atoms with E-state index in [1.165, 1.54) is 6.92 Å². The molecule has 0 saturated heterocycles. The van der Waals surface area contributed by atoms with Crippen LogP contribution in [0.15, 0.2) is 55.4 Å². The largest absolute Gasteiger partial charge is 0.507 e. The first-order valence-corrected chi connectivity index (χ1v) is 8.98. The van der Waals surface area contributed by atoms with E-state index in [2.05, 4.69) is 11.0 Å². The zero-order valence-corrected chi connectivity index (χ0v) is 15.4. The van der Waals surface area contributed by atoms with E-state index < -0.39 is 5.63 Å². The van der Waals surface area contributed by atoms with Crippen LogP contribution < -0.4 is 10.5 Å². The van der Waals surface area contributed by atoms with E-state index in [1.54, 1.807) is 18.3 Å². The molecular weight excluding hydrogens is 350 g/mol. The van der Waals surface area contributed by atoms with Gasteiger partial charge in [0.25, 0.3) is 0 Å². The number of rotatable bonds is 3. The Morgan fingerprint density at radius 1 is 1.08 bits per heavy atom. The molecule has 26 heavy (non-hydrogen) atoms. The van der Waals surface area contributed by atoms with Crippen molar-refractivity contribution >= 4 is 33.0 Å². The number of furan rings is 1. The Labute approximate surface area is 153 Å². The first kappa shape index (κ1) is 16.5. The smallest absolute Gasteiger partial charge is 0.343 e. The van der Waals surface area contributed by atoms with E-state index in [0.29, 0.717) is 16.9 Å². The second-order valence-electron chi connectivity index (χ2n) is 6.16. The van der Waals surface area contributed by atoms with Gasteiger partial charge in [0, 0.05) is 23.7 Å². The summed E-state index contributed by atoms with van der Waals surface area (Å²) in [6.07, 6.45) is 0. The summed E-state index contributed by atoms with van der Waals surface area (Å²) < 4.78 is 11.2. The molecule has 0 bridgehead atoms. The molecule has 3 heterocycles. The molecule has 6 heteroatoms. The van der Waals surface area contributed by atoms with E-state index in [9.17, 15) is 9.90 Å². The lowest BCUT2D eigenvalue weighted by Gasteiger charge is -2.16. The van der Waals surface area contributed by atoms with E-state index in [1.807, 2.05) is 42.8 Å². The minimum absolute atomic E-state index is 0.0603. The van der Waals surface area contributed by atoms with Crippen LogP contribution in [0, 0.1) is 13.8 Å². The molecule has 4 aromatic rings. The van der Waals surface area contributed by atoms with Crippen molar-refractivity contribution < 1.29 is 13.9 Å². The third-order valence-electron chi connectivity index (χ3n) is 4.50. The molecule has 0 aliphatic carbocycles. The Kier molecular flexibility index (Phi) is 3.85. The highest BCUT2D eigenvalue weighted by Crippen LogP contribution is 2.36. The monoisotopic (exact) mass is 367 g/mol. The van der Waals surface area contributed by atoms with Gasteiger partial charge in [-0.1, -0.05) is 0 Å². The number of hydrogen-bond donors (Lipinski definition) is 1. The topological polar surface area (TPSA) is 66.8 Å². The third-order valence-corrected chi connectivity index (χ3v) is 5.44. The fourth-order valence-electron chi connectivity index (χ4n) is 2.91. The molecule has 5 nitrogen and oxygen atoms in total. The van der Waals surface area contributed by atoms with Crippen molar-refractivity contribution in [3.05, 3.63) is 63.3 Å². The molecule has 0 atom stereocenters. The second-order valence-corrected chi connectivity index (χ2v) is 7.09. The van der Waals surface area contributed by atoms with Crippen molar-refractivity contribution in [2.75, 3.05) is 11.9 Å². The quantitative estimate of drug-likeness (QED) is 0.539. The molecule has 0 fully saturated rings. The lowest BCUT2D eigenvalue weighted by molar-refractivity contribution is 0.433. The zero-order valence-electron chi connectivity index (χ0n) is 14.6. The van der Waals surface area contributed by atoms with Gasteiger partial charge in [-0.3, -0.25) is 0 Å². The highest BCUT2D eigenvalue weighted by Gasteiger charge is 2.18. The lowest BCUT2D eigenvalue weighted by Crippen LogP contribution is -2.06. The number of aromatic hydroxyl groups is 1. The SMILES string of the molecule is Cc1c(-c2cc3cc(N(C)c4cccs4)ccc3o2)oc(=O)c(C)c1O. The van der Waals surface area contributed by atoms with Gasteiger partial charge in [0.05, 0.1) is 10.6 Å². The Bertz CT molecular complexity index is 1150. The standard InChI is InChI=1S/C20H17NO4S/c1-11-18(22)12(2)20(23)25-19(11)16-10-13-9-14(6-7-15(13)24-16)21(3)17-5-4-8-26-17/h4-10,22H,1-3H3. The molecule has 3 aromatic heterocycles. The van der Waals surface area contributed by atoms with Gasteiger partial charge in [0.2, 0.25) is 0 Å². The van der Waals surface area contributed by atoms with Crippen LogP contribution in [0.5, 0.6) is 5.75 Å². The summed E-state index contributed by atoms with van der Waals surface area (Å²) in [6, 6.07) is 11.8. The molecule has 132 valence electrons. The first-order chi connectivity index (χ1) is 12.5. The normalized spacial score (nSPS) is 11.2. The van der Waals surface area contributed by atoms with E-state index in [-0.39, 0.29) is 17.1 Å². The van der Waals surface area contributed by atoms with E-state index in [4.69, 9.17) is 8.83 Å². The maximum absolute atomic E-state index is 11.9. The van der Waals surface area contributed by atoms with Gasteiger partial charge in [-0.2, -0.15) is 0 Å². The third kappa shape index (κ3) is 2.59. The van der Waals surface area contributed by atoms with Gasteiger partial charge >= 0.3 is 5.63 Å². The van der Waals surface area contributed by atoms with Crippen LogP contribution in [0.25, 0.3) is 22.5 Å². The van der Waals surface area contributed by atoms with Gasteiger partial charge in [0.1, 0.15) is 11.3 Å². The Balaban J connectivity index is 1.81. The predicted octanol–water partition coefficient (Wildman–Crippen LogP) is 5.20. The fraction of sp³-hybridized carbons (Fsp3) is 0.150. The zero-order chi connectivity index (χ0) is 18.4. The molecule has 1 N–H and O–H groups in total. The Morgan fingerprint density at radius 2 is 1.88 bits per heavy atom. The second kappa shape index (κ2) is 6.07. The summed E-state index contributed by atoms with van der Waals surface area (Å²) in [4.78, 5) is 14.0. The number of nitrogens with zero attached hydrogens (tertiary/aromatic N) is 1.